The lowest BCUT2D eigenvalue weighted by atomic mass is 10.2. The zero-order valence-electron chi connectivity index (χ0n) is 14.4. The molecule has 2 aromatic heterocycles. The number of para-hydroxylation sites is 1. The molecule has 0 spiro atoms. The molecule has 0 saturated heterocycles. The van der Waals surface area contributed by atoms with Crippen molar-refractivity contribution >= 4 is 27.7 Å². The minimum absolute atomic E-state index is 0.0918. The Bertz CT molecular complexity index is 970. The first-order valence-electron chi connectivity index (χ1n) is 8.21. The third-order valence-electron chi connectivity index (χ3n) is 4.57. The number of aromatic nitrogens is 3. The van der Waals surface area contributed by atoms with Crippen LogP contribution in [0, 0.1) is 0 Å². The summed E-state index contributed by atoms with van der Waals surface area (Å²) in [4.78, 5) is 25.3. The maximum Gasteiger partial charge on any atom is 0.291 e. The molecule has 0 unspecified atom stereocenters. The van der Waals surface area contributed by atoms with E-state index in [0.717, 1.165) is 22.7 Å². The van der Waals surface area contributed by atoms with Gasteiger partial charge in [-0.15, -0.1) is 0 Å². The summed E-state index contributed by atoms with van der Waals surface area (Å²) in [5.74, 6) is -0.0918. The molecular weight excluding hydrogens is 304 g/mol. The summed E-state index contributed by atoms with van der Waals surface area (Å²) in [5, 5.41) is 8.83. The topological polar surface area (TPSA) is 68.9 Å². The molecule has 6 nitrogen and oxygen atoms in total. The average molecular weight is 326 g/mol. The van der Waals surface area contributed by atoms with Crippen LogP contribution in [0.2, 0.25) is 0 Å². The summed E-state index contributed by atoms with van der Waals surface area (Å²) >= 11 is 0. The highest BCUT2D eigenvalue weighted by atomic mass is 16.2. The van der Waals surface area contributed by atoms with Crippen LogP contribution in [-0.2, 0) is 11.8 Å². The second kappa shape index (κ2) is 6.11. The molecule has 0 radical (unpaired) electrons. The van der Waals surface area contributed by atoms with E-state index in [4.69, 9.17) is 0 Å². The number of carbonyl (C=O) groups excluding carboxylic acids is 1. The van der Waals surface area contributed by atoms with Gasteiger partial charge in [-0.3, -0.25) is 9.59 Å². The third-order valence-corrected chi connectivity index (χ3v) is 4.57. The highest BCUT2D eigenvalue weighted by Crippen LogP contribution is 2.29. The van der Waals surface area contributed by atoms with E-state index in [0.29, 0.717) is 5.52 Å². The Kier molecular flexibility index (Phi) is 4.13. The van der Waals surface area contributed by atoms with Crippen LogP contribution >= 0.6 is 0 Å². The number of rotatable bonds is 4. The normalized spacial score (nSPS) is 14.0. The quantitative estimate of drug-likeness (QED) is 0.800. The summed E-state index contributed by atoms with van der Waals surface area (Å²) in [6.45, 7) is 5.82. The molecule has 3 rings (SSSR count). The van der Waals surface area contributed by atoms with Crippen LogP contribution in [0.25, 0.3) is 21.8 Å². The molecule has 0 aliphatic rings. The number of hydrogen-bond donors (Lipinski definition) is 1. The molecule has 24 heavy (non-hydrogen) atoms. The Hall–Kier alpha value is -2.63. The summed E-state index contributed by atoms with van der Waals surface area (Å²) in [6.07, 6.45) is 2.55. The van der Waals surface area contributed by atoms with E-state index < -0.39 is 6.04 Å². The van der Waals surface area contributed by atoms with Crippen molar-refractivity contribution in [3.8, 4) is 0 Å². The Balaban J connectivity index is 2.27. The first-order valence-corrected chi connectivity index (χ1v) is 8.21. The molecule has 1 aromatic carbocycles. The van der Waals surface area contributed by atoms with Crippen molar-refractivity contribution in [3.05, 3.63) is 40.8 Å². The molecule has 2 atom stereocenters. The van der Waals surface area contributed by atoms with E-state index in [1.54, 1.807) is 13.2 Å². The molecule has 0 aliphatic heterocycles. The van der Waals surface area contributed by atoms with Crippen molar-refractivity contribution in [1.29, 1.82) is 0 Å². The summed E-state index contributed by atoms with van der Waals surface area (Å²) in [5.41, 5.74) is 1.18. The lowest BCUT2D eigenvalue weighted by Crippen LogP contribution is -2.37. The van der Waals surface area contributed by atoms with Gasteiger partial charge < -0.3 is 9.88 Å². The molecule has 0 fully saturated rings. The van der Waals surface area contributed by atoms with Gasteiger partial charge in [0.2, 0.25) is 5.91 Å². The van der Waals surface area contributed by atoms with E-state index in [1.807, 2.05) is 49.6 Å². The maximum atomic E-state index is 12.7. The fraction of sp³-hybridized carbons (Fsp3) is 0.389. The summed E-state index contributed by atoms with van der Waals surface area (Å²) in [7, 11) is 1.62. The minimum Gasteiger partial charge on any atom is -0.352 e. The zero-order chi connectivity index (χ0) is 17.4. The minimum atomic E-state index is -0.489. The summed E-state index contributed by atoms with van der Waals surface area (Å²) in [6, 6.07) is 7.33. The first kappa shape index (κ1) is 16.2. The van der Waals surface area contributed by atoms with Crippen LogP contribution in [0.4, 0.5) is 0 Å². The van der Waals surface area contributed by atoms with Gasteiger partial charge in [0.1, 0.15) is 11.6 Å². The van der Waals surface area contributed by atoms with Gasteiger partial charge in [-0.25, -0.2) is 4.68 Å². The number of nitrogens with one attached hydrogen (secondary N) is 1. The number of carbonyl (C=O) groups is 1. The van der Waals surface area contributed by atoms with E-state index in [-0.39, 0.29) is 17.5 Å². The smallest absolute Gasteiger partial charge is 0.291 e. The lowest BCUT2D eigenvalue weighted by Gasteiger charge is -2.19. The van der Waals surface area contributed by atoms with Gasteiger partial charge in [0.15, 0.2) is 0 Å². The molecule has 3 aromatic rings. The predicted octanol–water partition coefficient (Wildman–Crippen LogP) is 2.36. The Labute approximate surface area is 140 Å². The SMILES string of the molecule is CC[C@H](C)NC(=O)[C@H](C)n1c2ccccc2c2cnn(C)c(=O)c21. The fourth-order valence-corrected chi connectivity index (χ4v) is 2.97. The van der Waals surface area contributed by atoms with Crippen molar-refractivity contribution < 1.29 is 4.79 Å². The Morgan fingerprint density at radius 2 is 1.96 bits per heavy atom. The van der Waals surface area contributed by atoms with E-state index in [9.17, 15) is 9.59 Å². The molecule has 0 bridgehead atoms. The monoisotopic (exact) mass is 326 g/mol. The molecule has 1 N–H and O–H groups in total. The van der Waals surface area contributed by atoms with Gasteiger partial charge in [-0.1, -0.05) is 25.1 Å². The molecule has 0 saturated carbocycles. The third kappa shape index (κ3) is 2.48. The van der Waals surface area contributed by atoms with Gasteiger partial charge in [-0.2, -0.15) is 5.10 Å². The second-order valence-corrected chi connectivity index (χ2v) is 6.22. The highest BCUT2D eigenvalue weighted by Gasteiger charge is 2.23. The largest absolute Gasteiger partial charge is 0.352 e. The van der Waals surface area contributed by atoms with E-state index >= 15 is 0 Å². The fourth-order valence-electron chi connectivity index (χ4n) is 2.97. The lowest BCUT2D eigenvalue weighted by molar-refractivity contribution is -0.124. The molecule has 1 amide bonds. The van der Waals surface area contributed by atoms with Crippen LogP contribution in [0.15, 0.2) is 35.3 Å². The van der Waals surface area contributed by atoms with Gasteiger partial charge >= 0.3 is 0 Å². The maximum absolute atomic E-state index is 12.7. The number of fused-ring (bicyclic) bond motifs is 3. The van der Waals surface area contributed by atoms with E-state index in [2.05, 4.69) is 10.4 Å². The van der Waals surface area contributed by atoms with Crippen LogP contribution < -0.4 is 10.9 Å². The molecule has 6 heteroatoms. The highest BCUT2D eigenvalue weighted by molar-refractivity contribution is 6.08. The summed E-state index contributed by atoms with van der Waals surface area (Å²) < 4.78 is 3.13. The molecule has 2 heterocycles. The van der Waals surface area contributed by atoms with Crippen LogP contribution in [-0.4, -0.2) is 26.3 Å². The van der Waals surface area contributed by atoms with Gasteiger partial charge in [0, 0.05) is 23.9 Å². The standard InChI is InChI=1S/C18H22N4O2/c1-5-11(2)20-17(23)12(3)22-15-9-7-6-8-13(15)14-10-19-21(4)18(24)16(14)22/h6-12H,5H2,1-4H3,(H,20,23)/t11-,12-/m0/s1. The molecular formula is C18H22N4O2. The number of hydrogen-bond acceptors (Lipinski definition) is 3. The predicted molar refractivity (Wildman–Crippen MR) is 95.1 cm³/mol. The molecule has 0 aliphatic carbocycles. The van der Waals surface area contributed by atoms with Crippen LogP contribution in [0.5, 0.6) is 0 Å². The van der Waals surface area contributed by atoms with Crippen molar-refractivity contribution in [3.63, 3.8) is 0 Å². The van der Waals surface area contributed by atoms with Crippen molar-refractivity contribution in [2.75, 3.05) is 0 Å². The van der Waals surface area contributed by atoms with E-state index in [1.165, 1.54) is 4.68 Å². The Morgan fingerprint density at radius 1 is 1.25 bits per heavy atom. The molecule has 126 valence electrons. The number of nitrogens with zero attached hydrogens (tertiary/aromatic N) is 3. The van der Waals surface area contributed by atoms with Crippen LogP contribution in [0.3, 0.4) is 0 Å². The first-order chi connectivity index (χ1) is 11.5. The van der Waals surface area contributed by atoms with Crippen molar-refractivity contribution in [2.45, 2.75) is 39.3 Å². The number of aryl methyl sites for hydroxylation is 1. The van der Waals surface area contributed by atoms with Crippen molar-refractivity contribution in [2.24, 2.45) is 7.05 Å². The van der Waals surface area contributed by atoms with Crippen LogP contribution in [0.1, 0.15) is 33.2 Å². The average Bonchev–Trinajstić information content (AvgIpc) is 2.92. The van der Waals surface area contributed by atoms with Gasteiger partial charge in [0.05, 0.1) is 11.7 Å². The number of benzene rings is 1. The Morgan fingerprint density at radius 3 is 2.67 bits per heavy atom. The second-order valence-electron chi connectivity index (χ2n) is 6.22. The number of amides is 1. The van der Waals surface area contributed by atoms with Gasteiger partial charge in [-0.05, 0) is 26.3 Å². The zero-order valence-corrected chi connectivity index (χ0v) is 14.4. The van der Waals surface area contributed by atoms with Gasteiger partial charge in [0.25, 0.3) is 5.56 Å². The van der Waals surface area contributed by atoms with Crippen molar-refractivity contribution in [1.82, 2.24) is 19.7 Å².